The minimum atomic E-state index is -1.28. The molecule has 0 radical (unpaired) electrons. The number of amides is 1. The fourth-order valence-corrected chi connectivity index (χ4v) is 3.25. The van der Waals surface area contributed by atoms with Crippen molar-refractivity contribution in [2.24, 2.45) is 5.92 Å². The van der Waals surface area contributed by atoms with E-state index in [-0.39, 0.29) is 17.6 Å². The summed E-state index contributed by atoms with van der Waals surface area (Å²) >= 11 is 4.65. The summed E-state index contributed by atoms with van der Waals surface area (Å²) in [5.74, 6) is -2.62. The number of hydrogen-bond donors (Lipinski definition) is 3. The van der Waals surface area contributed by atoms with Crippen molar-refractivity contribution in [3.63, 3.8) is 0 Å². The van der Waals surface area contributed by atoms with Gasteiger partial charge in [0.25, 0.3) is 0 Å². The Hall–Kier alpha value is -1.42. The minimum Gasteiger partial charge on any atom is -0.480 e. The average molecular weight is 422 g/mol. The lowest BCUT2D eigenvalue weighted by atomic mass is 9.89. The number of ether oxygens (including phenoxy) is 2. The summed E-state index contributed by atoms with van der Waals surface area (Å²) in [4.78, 5) is 46.9. The third kappa shape index (κ3) is 8.87. The number of nitrogens with one attached hydrogen (secondary N) is 1. The number of aliphatic carboxylic acids is 1. The fourth-order valence-electron chi connectivity index (χ4n) is 2.45. The van der Waals surface area contributed by atoms with Crippen molar-refractivity contribution in [1.29, 1.82) is 0 Å². The van der Waals surface area contributed by atoms with Crippen molar-refractivity contribution in [2.75, 3.05) is 5.75 Å². The van der Waals surface area contributed by atoms with Gasteiger partial charge in [0, 0.05) is 12.7 Å². The van der Waals surface area contributed by atoms with E-state index in [2.05, 4.69) is 17.9 Å². The summed E-state index contributed by atoms with van der Waals surface area (Å²) in [6.45, 7) is 4.47. The molecular weight excluding hydrogens is 394 g/mol. The maximum Gasteiger partial charge on any atom is 0.370 e. The number of thiol groups is 1. The first-order chi connectivity index (χ1) is 12.5. The van der Waals surface area contributed by atoms with E-state index in [0.29, 0.717) is 11.8 Å². The second-order valence-electron chi connectivity index (χ2n) is 6.94. The summed E-state index contributed by atoms with van der Waals surface area (Å²) in [6, 6.07) is -1.28. The Bertz CT molecular complexity index is 556. The van der Waals surface area contributed by atoms with Crippen molar-refractivity contribution in [3.8, 4) is 0 Å². The van der Waals surface area contributed by atoms with Crippen LogP contribution in [0, 0.1) is 5.92 Å². The number of hydrogen-bond acceptors (Lipinski definition) is 8. The molecule has 1 aliphatic rings. The smallest absolute Gasteiger partial charge is 0.370 e. The van der Waals surface area contributed by atoms with Gasteiger partial charge in [-0.2, -0.15) is 12.6 Å². The van der Waals surface area contributed by atoms with Crippen LogP contribution in [0.25, 0.3) is 0 Å². The van der Waals surface area contributed by atoms with E-state index in [1.807, 2.05) is 0 Å². The van der Waals surface area contributed by atoms with Crippen LogP contribution in [0.15, 0.2) is 0 Å². The summed E-state index contributed by atoms with van der Waals surface area (Å²) in [7, 11) is 0. The Balaban J connectivity index is 2.41. The highest BCUT2D eigenvalue weighted by atomic mass is 32.2. The largest absolute Gasteiger partial charge is 0.480 e. The lowest BCUT2D eigenvalue weighted by Gasteiger charge is -2.22. The maximum absolute atomic E-state index is 12.0. The molecule has 1 fully saturated rings. The molecule has 0 heterocycles. The summed E-state index contributed by atoms with van der Waals surface area (Å²) < 4.78 is 9.05. The van der Waals surface area contributed by atoms with Gasteiger partial charge >= 0.3 is 17.2 Å². The number of carbonyl (C=O) groups excluding carboxylic acids is 3. The standard InChI is InChI=1S/C17H27NO7S2/c1-10(24-14(21)11-7-5-4-6-8-11)25-16(23)27-9-12(13(19)20)18-15(22)17(2,3)26/h10-12,26H,4-9H2,1-3H3,(H,18,22)(H,19,20)/t10-,12-/m0/s1. The van der Waals surface area contributed by atoms with Gasteiger partial charge in [0.15, 0.2) is 0 Å². The van der Waals surface area contributed by atoms with Crippen molar-refractivity contribution in [3.05, 3.63) is 0 Å². The van der Waals surface area contributed by atoms with Crippen LogP contribution in [0.4, 0.5) is 4.79 Å². The predicted molar refractivity (Wildman–Crippen MR) is 104 cm³/mol. The number of carbonyl (C=O) groups is 4. The van der Waals surface area contributed by atoms with Gasteiger partial charge in [0.2, 0.25) is 12.2 Å². The number of thioether (sulfide) groups is 1. The van der Waals surface area contributed by atoms with E-state index in [1.54, 1.807) is 0 Å². The fraction of sp³-hybridized carbons (Fsp3) is 0.765. The van der Waals surface area contributed by atoms with Crippen LogP contribution in [-0.4, -0.2) is 51.1 Å². The molecule has 1 saturated carbocycles. The average Bonchev–Trinajstić information content (AvgIpc) is 2.57. The lowest BCUT2D eigenvalue weighted by Crippen LogP contribution is -2.48. The summed E-state index contributed by atoms with van der Waals surface area (Å²) in [5, 5.41) is 10.7. The molecule has 2 N–H and O–H groups in total. The first-order valence-corrected chi connectivity index (χ1v) is 10.2. The third-order valence-electron chi connectivity index (χ3n) is 4.01. The van der Waals surface area contributed by atoms with Crippen LogP contribution < -0.4 is 5.32 Å². The van der Waals surface area contributed by atoms with Gasteiger partial charge < -0.3 is 19.9 Å². The molecule has 0 bridgehead atoms. The van der Waals surface area contributed by atoms with E-state index < -0.39 is 34.3 Å². The van der Waals surface area contributed by atoms with Gasteiger partial charge in [-0.3, -0.25) is 9.59 Å². The van der Waals surface area contributed by atoms with Gasteiger partial charge in [-0.05, 0) is 38.5 Å². The zero-order valence-corrected chi connectivity index (χ0v) is 17.4. The molecule has 0 aromatic rings. The van der Waals surface area contributed by atoms with Crippen LogP contribution in [0.1, 0.15) is 52.9 Å². The molecule has 0 aliphatic heterocycles. The first kappa shape index (κ1) is 23.6. The molecule has 1 rings (SSSR count). The molecule has 27 heavy (non-hydrogen) atoms. The van der Waals surface area contributed by atoms with E-state index in [9.17, 15) is 24.3 Å². The SMILES string of the molecule is C[C@H](OC(=O)SC[C@H](NC(=O)C(C)(C)S)C(=O)O)OC(=O)C1CCCCC1. The maximum atomic E-state index is 12.0. The highest BCUT2D eigenvalue weighted by molar-refractivity contribution is 8.13. The zero-order valence-electron chi connectivity index (χ0n) is 15.7. The number of carboxylic acids is 1. The third-order valence-corrected chi connectivity index (χ3v) is 5.04. The van der Waals surface area contributed by atoms with E-state index in [1.165, 1.54) is 20.8 Å². The van der Waals surface area contributed by atoms with Crippen molar-refractivity contribution >= 4 is 47.5 Å². The lowest BCUT2D eigenvalue weighted by molar-refractivity contribution is -0.169. The molecule has 0 aromatic carbocycles. The predicted octanol–water partition coefficient (Wildman–Crippen LogP) is 2.60. The summed E-state index contributed by atoms with van der Waals surface area (Å²) in [6.07, 6.45) is 3.56. The normalized spacial score (nSPS) is 17.5. The van der Waals surface area contributed by atoms with Gasteiger partial charge in [-0.1, -0.05) is 19.3 Å². The van der Waals surface area contributed by atoms with E-state index >= 15 is 0 Å². The Labute approximate surface area is 168 Å². The van der Waals surface area contributed by atoms with Gasteiger partial charge in [0.05, 0.1) is 10.7 Å². The van der Waals surface area contributed by atoms with Crippen LogP contribution in [0.2, 0.25) is 0 Å². The molecule has 10 heteroatoms. The quantitative estimate of drug-likeness (QED) is 0.311. The van der Waals surface area contributed by atoms with E-state index in [0.717, 1.165) is 32.1 Å². The van der Waals surface area contributed by atoms with Gasteiger partial charge in [-0.25, -0.2) is 9.59 Å². The monoisotopic (exact) mass is 421 g/mol. The number of carboxylic acid groups (broad SMARTS) is 1. The molecule has 0 spiro atoms. The Morgan fingerprint density at radius 1 is 1.19 bits per heavy atom. The minimum absolute atomic E-state index is 0.163. The molecule has 8 nitrogen and oxygen atoms in total. The van der Waals surface area contributed by atoms with Gasteiger partial charge in [0.1, 0.15) is 6.04 Å². The van der Waals surface area contributed by atoms with Crippen LogP contribution in [-0.2, 0) is 23.9 Å². The molecule has 1 amide bonds. The van der Waals surface area contributed by atoms with Crippen molar-refractivity contribution < 1.29 is 33.8 Å². The van der Waals surface area contributed by atoms with Crippen LogP contribution >= 0.6 is 24.4 Å². The van der Waals surface area contributed by atoms with Crippen molar-refractivity contribution in [1.82, 2.24) is 5.32 Å². The van der Waals surface area contributed by atoms with E-state index in [4.69, 9.17) is 9.47 Å². The Morgan fingerprint density at radius 3 is 2.30 bits per heavy atom. The molecule has 0 aromatic heterocycles. The Morgan fingerprint density at radius 2 is 1.78 bits per heavy atom. The molecule has 0 unspecified atom stereocenters. The van der Waals surface area contributed by atoms with Crippen molar-refractivity contribution in [2.45, 2.75) is 70.0 Å². The molecule has 0 saturated heterocycles. The number of rotatable bonds is 8. The number of esters is 1. The second-order valence-corrected chi connectivity index (χ2v) is 9.01. The van der Waals surface area contributed by atoms with Crippen LogP contribution in [0.5, 0.6) is 0 Å². The first-order valence-electron chi connectivity index (χ1n) is 8.80. The highest BCUT2D eigenvalue weighted by Crippen LogP contribution is 2.25. The molecule has 1 aliphatic carbocycles. The topological polar surface area (TPSA) is 119 Å². The highest BCUT2D eigenvalue weighted by Gasteiger charge is 2.29. The zero-order chi connectivity index (χ0) is 20.6. The second kappa shape index (κ2) is 10.8. The molecule has 2 atom stereocenters. The molecular formula is C17H27NO7S2. The Kier molecular flexibility index (Phi) is 9.44. The van der Waals surface area contributed by atoms with Gasteiger partial charge in [-0.15, -0.1) is 0 Å². The summed E-state index contributed by atoms with van der Waals surface area (Å²) in [5.41, 5.74) is 0. The molecule has 154 valence electrons. The van der Waals surface area contributed by atoms with Crippen LogP contribution in [0.3, 0.4) is 0 Å².